The summed E-state index contributed by atoms with van der Waals surface area (Å²) in [5.41, 5.74) is 7.72. The summed E-state index contributed by atoms with van der Waals surface area (Å²) in [5.74, 6) is 0.811. The maximum absolute atomic E-state index is 12.0. The highest BCUT2D eigenvalue weighted by Gasteiger charge is 2.13. The second-order valence-electron chi connectivity index (χ2n) is 4.34. The van der Waals surface area contributed by atoms with Gasteiger partial charge in [0, 0.05) is 12.0 Å². The van der Waals surface area contributed by atoms with E-state index < -0.39 is 0 Å². The zero-order valence-electron chi connectivity index (χ0n) is 9.45. The number of carbonyl (C=O) groups excluding carboxylic acids is 1. The van der Waals surface area contributed by atoms with Crippen molar-refractivity contribution in [2.24, 2.45) is 5.92 Å². The van der Waals surface area contributed by atoms with Crippen LogP contribution in [0.15, 0.2) is 18.2 Å². The van der Waals surface area contributed by atoms with Gasteiger partial charge in [0.05, 0.1) is 5.52 Å². The monoisotopic (exact) mass is 217 g/mol. The molecule has 84 valence electrons. The van der Waals surface area contributed by atoms with Gasteiger partial charge in [-0.15, -0.1) is 0 Å². The zero-order chi connectivity index (χ0) is 11.7. The predicted octanol–water partition coefficient (Wildman–Crippen LogP) is 2.37. The van der Waals surface area contributed by atoms with Crippen molar-refractivity contribution >= 4 is 22.8 Å². The molecule has 0 radical (unpaired) electrons. The van der Waals surface area contributed by atoms with Crippen LogP contribution < -0.4 is 5.73 Å². The third-order valence-corrected chi connectivity index (χ3v) is 2.43. The molecule has 0 saturated heterocycles. The first-order valence-corrected chi connectivity index (χ1v) is 5.35. The van der Waals surface area contributed by atoms with E-state index in [-0.39, 0.29) is 5.78 Å². The number of hydrogen-bond acceptors (Lipinski definition) is 3. The molecule has 0 aliphatic carbocycles. The van der Waals surface area contributed by atoms with E-state index in [0.717, 1.165) is 5.52 Å². The molecule has 0 aliphatic rings. The number of nitrogens with zero attached hydrogens (tertiary/aromatic N) is 1. The number of fused-ring (bicyclic) bond motifs is 1. The molecule has 2 aromatic rings. The molecular formula is C12H15N3O. The van der Waals surface area contributed by atoms with Gasteiger partial charge in [-0.3, -0.25) is 4.79 Å². The summed E-state index contributed by atoms with van der Waals surface area (Å²) in [4.78, 5) is 19.0. The lowest BCUT2D eigenvalue weighted by Crippen LogP contribution is -2.04. The highest BCUT2D eigenvalue weighted by Crippen LogP contribution is 2.20. The Kier molecular flexibility index (Phi) is 2.64. The second kappa shape index (κ2) is 3.96. The number of Topliss-reactive ketones (excluding diaryl/α,β-unsaturated/α-hetero) is 1. The highest BCUT2D eigenvalue weighted by atomic mass is 16.1. The van der Waals surface area contributed by atoms with Crippen LogP contribution in [0.3, 0.4) is 0 Å². The average Bonchev–Trinajstić information content (AvgIpc) is 2.55. The number of rotatable bonds is 3. The van der Waals surface area contributed by atoms with Crippen LogP contribution in [-0.2, 0) is 0 Å². The van der Waals surface area contributed by atoms with Crippen LogP contribution in [0.5, 0.6) is 0 Å². The summed E-state index contributed by atoms with van der Waals surface area (Å²) in [6.45, 7) is 4.05. The van der Waals surface area contributed by atoms with Crippen LogP contribution in [0.4, 0.5) is 5.95 Å². The van der Waals surface area contributed by atoms with E-state index in [1.807, 2.05) is 26.0 Å². The van der Waals surface area contributed by atoms with E-state index in [0.29, 0.717) is 29.4 Å². The molecule has 0 amide bonds. The van der Waals surface area contributed by atoms with Gasteiger partial charge in [-0.2, -0.15) is 0 Å². The maximum Gasteiger partial charge on any atom is 0.198 e. The van der Waals surface area contributed by atoms with Crippen molar-refractivity contribution in [3.05, 3.63) is 23.8 Å². The van der Waals surface area contributed by atoms with Crippen LogP contribution in [-0.4, -0.2) is 15.8 Å². The van der Waals surface area contributed by atoms with E-state index in [9.17, 15) is 4.79 Å². The van der Waals surface area contributed by atoms with Crippen LogP contribution >= 0.6 is 0 Å². The van der Waals surface area contributed by atoms with Gasteiger partial charge >= 0.3 is 0 Å². The molecule has 0 bridgehead atoms. The number of benzene rings is 1. The number of nitrogen functional groups attached to an aromatic ring is 1. The molecule has 4 heteroatoms. The Hall–Kier alpha value is -1.84. The van der Waals surface area contributed by atoms with Gasteiger partial charge in [-0.25, -0.2) is 4.98 Å². The molecule has 0 aliphatic heterocycles. The highest BCUT2D eigenvalue weighted by molar-refractivity contribution is 6.06. The molecule has 3 N–H and O–H groups in total. The normalized spacial score (nSPS) is 11.2. The molecule has 0 atom stereocenters. The van der Waals surface area contributed by atoms with Gasteiger partial charge in [-0.05, 0) is 18.1 Å². The molecule has 0 unspecified atom stereocenters. The van der Waals surface area contributed by atoms with Gasteiger partial charge in [0.2, 0.25) is 0 Å². The summed E-state index contributed by atoms with van der Waals surface area (Å²) in [7, 11) is 0. The first-order valence-electron chi connectivity index (χ1n) is 5.35. The zero-order valence-corrected chi connectivity index (χ0v) is 9.45. The Bertz CT molecular complexity index is 528. The Balaban J connectivity index is 2.47. The van der Waals surface area contributed by atoms with E-state index in [4.69, 9.17) is 5.73 Å². The lowest BCUT2D eigenvalue weighted by Gasteiger charge is -2.04. The smallest absolute Gasteiger partial charge is 0.198 e. The van der Waals surface area contributed by atoms with Crippen molar-refractivity contribution < 1.29 is 4.79 Å². The SMILES string of the molecule is CC(C)CC(=O)c1cccc2[nH]c(N)nc12. The molecule has 4 nitrogen and oxygen atoms in total. The summed E-state index contributed by atoms with van der Waals surface area (Å²) in [6, 6.07) is 5.51. The Morgan fingerprint density at radius 2 is 2.25 bits per heavy atom. The number of aromatic nitrogens is 2. The summed E-state index contributed by atoms with van der Waals surface area (Å²) < 4.78 is 0. The number of imidazole rings is 1. The number of aromatic amines is 1. The molecular weight excluding hydrogens is 202 g/mol. The fourth-order valence-electron chi connectivity index (χ4n) is 1.76. The molecule has 1 aromatic heterocycles. The number of nitrogens with two attached hydrogens (primary N) is 1. The standard InChI is InChI=1S/C12H15N3O/c1-7(2)6-10(16)8-4-3-5-9-11(8)15-12(13)14-9/h3-5,7H,6H2,1-2H3,(H3,13,14,15). The van der Waals surface area contributed by atoms with Crippen molar-refractivity contribution in [1.82, 2.24) is 9.97 Å². The van der Waals surface area contributed by atoms with Crippen LogP contribution in [0.2, 0.25) is 0 Å². The quantitative estimate of drug-likeness (QED) is 0.775. The number of ketones is 1. The first-order chi connectivity index (χ1) is 7.58. The number of para-hydroxylation sites is 1. The fraction of sp³-hybridized carbons (Fsp3) is 0.333. The van der Waals surface area contributed by atoms with Crippen LogP contribution in [0.25, 0.3) is 11.0 Å². The molecule has 2 rings (SSSR count). The van der Waals surface area contributed by atoms with Crippen molar-refractivity contribution in [1.29, 1.82) is 0 Å². The Morgan fingerprint density at radius 1 is 1.50 bits per heavy atom. The molecule has 1 heterocycles. The minimum atomic E-state index is 0.118. The fourth-order valence-corrected chi connectivity index (χ4v) is 1.76. The summed E-state index contributed by atoms with van der Waals surface area (Å²) in [6.07, 6.45) is 0.534. The predicted molar refractivity (Wildman–Crippen MR) is 64.3 cm³/mol. The number of hydrogen-bond donors (Lipinski definition) is 2. The molecule has 16 heavy (non-hydrogen) atoms. The van der Waals surface area contributed by atoms with Gasteiger partial charge in [0.1, 0.15) is 5.52 Å². The minimum absolute atomic E-state index is 0.118. The van der Waals surface area contributed by atoms with Crippen molar-refractivity contribution in [3.63, 3.8) is 0 Å². The third kappa shape index (κ3) is 1.91. The van der Waals surface area contributed by atoms with Gasteiger partial charge < -0.3 is 10.7 Å². The second-order valence-corrected chi connectivity index (χ2v) is 4.34. The number of anilines is 1. The van der Waals surface area contributed by atoms with Crippen LogP contribution in [0.1, 0.15) is 30.6 Å². The molecule has 0 fully saturated rings. The topological polar surface area (TPSA) is 71.8 Å². The summed E-state index contributed by atoms with van der Waals surface area (Å²) >= 11 is 0. The first kappa shape index (κ1) is 10.7. The van der Waals surface area contributed by atoms with Crippen LogP contribution in [0, 0.1) is 5.92 Å². The van der Waals surface area contributed by atoms with Crippen molar-refractivity contribution in [2.45, 2.75) is 20.3 Å². The van der Waals surface area contributed by atoms with Crippen molar-refractivity contribution in [2.75, 3.05) is 5.73 Å². The molecule has 1 aromatic carbocycles. The van der Waals surface area contributed by atoms with E-state index >= 15 is 0 Å². The van der Waals surface area contributed by atoms with Gasteiger partial charge in [0.15, 0.2) is 11.7 Å². The maximum atomic E-state index is 12.0. The lowest BCUT2D eigenvalue weighted by molar-refractivity contribution is 0.0969. The largest absolute Gasteiger partial charge is 0.369 e. The summed E-state index contributed by atoms with van der Waals surface area (Å²) in [5, 5.41) is 0. The number of carbonyl (C=O) groups is 1. The Morgan fingerprint density at radius 3 is 2.94 bits per heavy atom. The average molecular weight is 217 g/mol. The molecule has 0 spiro atoms. The molecule has 0 saturated carbocycles. The number of H-pyrrole nitrogens is 1. The van der Waals surface area contributed by atoms with Crippen molar-refractivity contribution in [3.8, 4) is 0 Å². The third-order valence-electron chi connectivity index (χ3n) is 2.43. The van der Waals surface area contributed by atoms with Gasteiger partial charge in [-0.1, -0.05) is 19.9 Å². The van der Waals surface area contributed by atoms with E-state index in [2.05, 4.69) is 9.97 Å². The van der Waals surface area contributed by atoms with Gasteiger partial charge in [0.25, 0.3) is 0 Å². The number of nitrogens with one attached hydrogen (secondary N) is 1. The van der Waals surface area contributed by atoms with E-state index in [1.165, 1.54) is 0 Å². The minimum Gasteiger partial charge on any atom is -0.369 e. The lowest BCUT2D eigenvalue weighted by atomic mass is 10.0. The Labute approximate surface area is 93.9 Å². The van der Waals surface area contributed by atoms with E-state index in [1.54, 1.807) is 6.07 Å².